The molecule has 0 aliphatic heterocycles. The van der Waals surface area contributed by atoms with Crippen molar-refractivity contribution in [3.8, 4) is 0 Å². The minimum atomic E-state index is -0.282. The molecule has 3 N–H and O–H groups in total. The Bertz CT molecular complexity index is 626. The Morgan fingerprint density at radius 2 is 2.10 bits per heavy atom. The van der Waals surface area contributed by atoms with Crippen molar-refractivity contribution in [3.63, 3.8) is 0 Å². The van der Waals surface area contributed by atoms with Gasteiger partial charge in [-0.1, -0.05) is 25.4 Å². The van der Waals surface area contributed by atoms with Crippen LogP contribution >= 0.6 is 11.6 Å². The summed E-state index contributed by atoms with van der Waals surface area (Å²) >= 11 is 5.74. The van der Waals surface area contributed by atoms with Gasteiger partial charge in [-0.05, 0) is 30.2 Å². The predicted octanol–water partition coefficient (Wildman–Crippen LogP) is 3.09. The van der Waals surface area contributed by atoms with E-state index >= 15 is 0 Å². The van der Waals surface area contributed by atoms with Crippen molar-refractivity contribution in [1.82, 2.24) is 9.97 Å². The zero-order valence-corrected chi connectivity index (χ0v) is 12.0. The first-order valence-corrected chi connectivity index (χ1v) is 6.54. The van der Waals surface area contributed by atoms with Crippen LogP contribution in [0.3, 0.4) is 0 Å². The molecule has 0 fully saturated rings. The number of anilines is 2. The minimum Gasteiger partial charge on any atom is -0.384 e. The number of carbonyl (C=O) groups excluding carboxylic acids is 1. The number of rotatable bonds is 3. The van der Waals surface area contributed by atoms with Crippen LogP contribution in [0.5, 0.6) is 0 Å². The van der Waals surface area contributed by atoms with E-state index in [1.807, 2.05) is 13.8 Å². The molecule has 0 spiro atoms. The third-order valence-corrected chi connectivity index (χ3v) is 2.91. The molecule has 2 aromatic heterocycles. The van der Waals surface area contributed by atoms with E-state index in [9.17, 15) is 4.79 Å². The van der Waals surface area contributed by atoms with Gasteiger partial charge in [0.1, 0.15) is 11.6 Å². The van der Waals surface area contributed by atoms with Crippen molar-refractivity contribution in [2.75, 3.05) is 11.1 Å². The number of aromatic nitrogens is 2. The maximum Gasteiger partial charge on any atom is 0.257 e. The number of pyridine rings is 2. The molecule has 0 saturated heterocycles. The Morgan fingerprint density at radius 3 is 2.70 bits per heavy atom. The summed E-state index contributed by atoms with van der Waals surface area (Å²) in [5.41, 5.74) is 6.96. The summed E-state index contributed by atoms with van der Waals surface area (Å²) in [5.74, 6) is 0.667. The van der Waals surface area contributed by atoms with Crippen LogP contribution in [0.15, 0.2) is 30.5 Å². The first kappa shape index (κ1) is 14.3. The quantitative estimate of drug-likeness (QED) is 0.910. The van der Waals surface area contributed by atoms with Gasteiger partial charge in [-0.2, -0.15) is 0 Å². The lowest BCUT2D eigenvalue weighted by Gasteiger charge is -2.09. The van der Waals surface area contributed by atoms with Crippen LogP contribution in [0.25, 0.3) is 0 Å². The van der Waals surface area contributed by atoms with Gasteiger partial charge in [0.2, 0.25) is 0 Å². The van der Waals surface area contributed by atoms with E-state index in [0.29, 0.717) is 22.2 Å². The van der Waals surface area contributed by atoms with Gasteiger partial charge in [0.25, 0.3) is 5.91 Å². The van der Waals surface area contributed by atoms with Gasteiger partial charge in [0.15, 0.2) is 0 Å². The smallest absolute Gasteiger partial charge is 0.257 e. The molecular weight excluding hydrogens is 276 g/mol. The SMILES string of the molecule is CC(C)c1cc(C(=O)Nc2ccc(Cl)cn2)cc(N)n1. The lowest BCUT2D eigenvalue weighted by Crippen LogP contribution is -2.14. The standard InChI is InChI=1S/C14H15ClN4O/c1-8(2)11-5-9(6-12(16)18-11)14(20)19-13-4-3-10(15)7-17-13/h3-8H,1-2H3,(H2,16,18)(H,17,19,20). The van der Waals surface area contributed by atoms with Crippen molar-refractivity contribution in [1.29, 1.82) is 0 Å². The second kappa shape index (κ2) is 5.88. The number of hydrogen-bond acceptors (Lipinski definition) is 4. The van der Waals surface area contributed by atoms with Crippen LogP contribution in [-0.2, 0) is 0 Å². The molecule has 0 aliphatic carbocycles. The van der Waals surface area contributed by atoms with Crippen LogP contribution in [-0.4, -0.2) is 15.9 Å². The van der Waals surface area contributed by atoms with E-state index in [1.54, 1.807) is 18.2 Å². The lowest BCUT2D eigenvalue weighted by atomic mass is 10.1. The fraction of sp³-hybridized carbons (Fsp3) is 0.214. The lowest BCUT2D eigenvalue weighted by molar-refractivity contribution is 0.102. The molecule has 0 bridgehead atoms. The summed E-state index contributed by atoms with van der Waals surface area (Å²) in [4.78, 5) is 20.4. The minimum absolute atomic E-state index is 0.193. The largest absolute Gasteiger partial charge is 0.384 e. The Kier molecular flexibility index (Phi) is 4.20. The molecule has 5 nitrogen and oxygen atoms in total. The van der Waals surface area contributed by atoms with Crippen molar-refractivity contribution >= 4 is 29.1 Å². The van der Waals surface area contributed by atoms with Crippen LogP contribution in [0.4, 0.5) is 11.6 Å². The molecule has 1 amide bonds. The average Bonchev–Trinajstić information content (AvgIpc) is 2.40. The number of nitrogens with zero attached hydrogens (tertiary/aromatic N) is 2. The van der Waals surface area contributed by atoms with Gasteiger partial charge in [-0.25, -0.2) is 9.97 Å². The normalized spacial score (nSPS) is 10.6. The zero-order chi connectivity index (χ0) is 14.7. The van der Waals surface area contributed by atoms with Crippen LogP contribution < -0.4 is 11.1 Å². The Hall–Kier alpha value is -2.14. The molecule has 20 heavy (non-hydrogen) atoms. The van der Waals surface area contributed by atoms with E-state index in [0.717, 1.165) is 5.69 Å². The van der Waals surface area contributed by atoms with E-state index in [-0.39, 0.29) is 11.8 Å². The maximum absolute atomic E-state index is 12.2. The third kappa shape index (κ3) is 3.45. The molecule has 104 valence electrons. The second-order valence-electron chi connectivity index (χ2n) is 4.68. The highest BCUT2D eigenvalue weighted by Crippen LogP contribution is 2.17. The van der Waals surface area contributed by atoms with Crippen LogP contribution in [0.1, 0.15) is 35.8 Å². The van der Waals surface area contributed by atoms with Crippen molar-refractivity contribution < 1.29 is 4.79 Å². The third-order valence-electron chi connectivity index (χ3n) is 2.69. The summed E-state index contributed by atoms with van der Waals surface area (Å²) in [6.45, 7) is 3.98. The molecule has 0 atom stereocenters. The fourth-order valence-electron chi connectivity index (χ4n) is 1.64. The first-order chi connectivity index (χ1) is 9.45. The molecule has 0 unspecified atom stereocenters. The maximum atomic E-state index is 12.2. The highest BCUT2D eigenvalue weighted by Gasteiger charge is 2.11. The van der Waals surface area contributed by atoms with Crippen molar-refractivity contribution in [2.24, 2.45) is 0 Å². The Morgan fingerprint density at radius 1 is 1.35 bits per heavy atom. The molecule has 6 heteroatoms. The first-order valence-electron chi connectivity index (χ1n) is 6.16. The summed E-state index contributed by atoms with van der Waals surface area (Å²) < 4.78 is 0. The predicted molar refractivity (Wildman–Crippen MR) is 79.9 cm³/mol. The van der Waals surface area contributed by atoms with Gasteiger partial charge in [0.05, 0.1) is 5.02 Å². The number of halogens is 1. The van der Waals surface area contributed by atoms with Gasteiger partial charge < -0.3 is 11.1 Å². The van der Waals surface area contributed by atoms with E-state index < -0.39 is 0 Å². The topological polar surface area (TPSA) is 80.9 Å². The van der Waals surface area contributed by atoms with Crippen molar-refractivity contribution in [2.45, 2.75) is 19.8 Å². The summed E-state index contributed by atoms with van der Waals surface area (Å²) in [7, 11) is 0. The summed E-state index contributed by atoms with van der Waals surface area (Å²) in [6.07, 6.45) is 1.47. The van der Waals surface area contributed by atoms with Crippen LogP contribution in [0.2, 0.25) is 5.02 Å². The second-order valence-corrected chi connectivity index (χ2v) is 5.11. The number of nitrogen functional groups attached to an aromatic ring is 1. The number of carbonyl (C=O) groups is 1. The number of nitrogens with one attached hydrogen (secondary N) is 1. The number of amides is 1. The average molecular weight is 291 g/mol. The van der Waals surface area contributed by atoms with Gasteiger partial charge in [-0.3, -0.25) is 4.79 Å². The van der Waals surface area contributed by atoms with Gasteiger partial charge >= 0.3 is 0 Å². The van der Waals surface area contributed by atoms with Crippen LogP contribution in [0, 0.1) is 0 Å². The molecule has 2 rings (SSSR count). The molecule has 2 heterocycles. The molecular formula is C14H15ClN4O. The van der Waals surface area contributed by atoms with Gasteiger partial charge in [0, 0.05) is 17.5 Å². The Labute approximate surface area is 122 Å². The number of nitrogens with two attached hydrogens (primary N) is 1. The molecule has 2 aromatic rings. The van der Waals surface area contributed by atoms with E-state index in [1.165, 1.54) is 12.3 Å². The van der Waals surface area contributed by atoms with Crippen molar-refractivity contribution in [3.05, 3.63) is 46.7 Å². The van der Waals surface area contributed by atoms with E-state index in [4.69, 9.17) is 17.3 Å². The van der Waals surface area contributed by atoms with E-state index in [2.05, 4.69) is 15.3 Å². The molecule has 0 radical (unpaired) electrons. The molecule has 0 aromatic carbocycles. The summed E-state index contributed by atoms with van der Waals surface area (Å²) in [6, 6.07) is 6.56. The monoisotopic (exact) mass is 290 g/mol. The fourth-order valence-corrected chi connectivity index (χ4v) is 1.75. The highest BCUT2D eigenvalue weighted by molar-refractivity contribution is 6.30. The number of hydrogen-bond donors (Lipinski definition) is 2. The molecule has 0 aliphatic rings. The zero-order valence-electron chi connectivity index (χ0n) is 11.2. The molecule has 0 saturated carbocycles. The Balaban J connectivity index is 2.22. The van der Waals surface area contributed by atoms with Gasteiger partial charge in [-0.15, -0.1) is 0 Å². The summed E-state index contributed by atoms with van der Waals surface area (Å²) in [5, 5.41) is 3.20. The highest BCUT2D eigenvalue weighted by atomic mass is 35.5.